The van der Waals surface area contributed by atoms with Crippen LogP contribution in [0.5, 0.6) is 0 Å². The average Bonchev–Trinajstić information content (AvgIpc) is 2.27. The minimum absolute atomic E-state index is 0.0381. The van der Waals surface area contributed by atoms with Crippen molar-refractivity contribution in [3.05, 3.63) is 0 Å². The molecule has 16 heavy (non-hydrogen) atoms. The summed E-state index contributed by atoms with van der Waals surface area (Å²) in [6, 6.07) is -0.401. The van der Waals surface area contributed by atoms with Crippen LogP contribution in [0.3, 0.4) is 0 Å². The van der Waals surface area contributed by atoms with E-state index >= 15 is 0 Å². The Morgan fingerprint density at radius 1 is 1.38 bits per heavy atom. The third kappa shape index (κ3) is 3.78. The maximum atomic E-state index is 11.4. The van der Waals surface area contributed by atoms with Crippen LogP contribution in [0.1, 0.15) is 52.9 Å². The van der Waals surface area contributed by atoms with Crippen LogP contribution in [0.4, 0.5) is 0 Å². The summed E-state index contributed by atoms with van der Waals surface area (Å²) in [7, 11) is 0. The summed E-state index contributed by atoms with van der Waals surface area (Å²) in [5.74, 6) is 0.707. The van der Waals surface area contributed by atoms with E-state index in [1.807, 2.05) is 0 Å². The highest BCUT2D eigenvalue weighted by atomic mass is 16.2. The van der Waals surface area contributed by atoms with E-state index in [1.165, 1.54) is 32.1 Å². The summed E-state index contributed by atoms with van der Waals surface area (Å²) in [5, 5.41) is 2.96. The molecule has 0 spiro atoms. The van der Waals surface area contributed by atoms with Gasteiger partial charge in [-0.05, 0) is 31.1 Å². The first kappa shape index (κ1) is 13.5. The van der Waals surface area contributed by atoms with Gasteiger partial charge >= 0.3 is 0 Å². The average molecular weight is 226 g/mol. The van der Waals surface area contributed by atoms with E-state index in [4.69, 9.17) is 5.73 Å². The molecule has 0 heterocycles. The summed E-state index contributed by atoms with van der Waals surface area (Å²) < 4.78 is 0. The van der Waals surface area contributed by atoms with Gasteiger partial charge in [-0.25, -0.2) is 0 Å². The summed E-state index contributed by atoms with van der Waals surface area (Å²) in [6.45, 7) is 6.98. The van der Waals surface area contributed by atoms with Gasteiger partial charge in [-0.1, -0.05) is 33.1 Å². The minimum Gasteiger partial charge on any atom is -0.354 e. The van der Waals surface area contributed by atoms with Crippen molar-refractivity contribution in [1.29, 1.82) is 0 Å². The SMILES string of the molecule is CC(N)C(=O)NCC(C)(C)C1CCCCC1. The molecule has 1 rings (SSSR count). The van der Waals surface area contributed by atoms with Gasteiger partial charge in [0.25, 0.3) is 0 Å². The van der Waals surface area contributed by atoms with E-state index in [1.54, 1.807) is 6.92 Å². The number of amides is 1. The molecule has 0 aromatic carbocycles. The lowest BCUT2D eigenvalue weighted by atomic mass is 9.71. The normalized spacial score (nSPS) is 20.5. The zero-order valence-electron chi connectivity index (χ0n) is 10.9. The molecule has 94 valence electrons. The number of hydrogen-bond acceptors (Lipinski definition) is 2. The van der Waals surface area contributed by atoms with E-state index < -0.39 is 6.04 Å². The van der Waals surface area contributed by atoms with Crippen LogP contribution in [0.25, 0.3) is 0 Å². The third-order valence-electron chi connectivity index (χ3n) is 3.84. The molecule has 1 aliphatic rings. The molecule has 0 aromatic heterocycles. The van der Waals surface area contributed by atoms with Crippen LogP contribution in [-0.2, 0) is 4.79 Å². The first-order chi connectivity index (χ1) is 7.43. The summed E-state index contributed by atoms with van der Waals surface area (Å²) in [4.78, 5) is 11.4. The second-order valence-corrected chi connectivity index (χ2v) is 5.83. The zero-order valence-corrected chi connectivity index (χ0v) is 10.9. The Hall–Kier alpha value is -0.570. The second-order valence-electron chi connectivity index (χ2n) is 5.83. The Labute approximate surface area is 99.2 Å². The number of rotatable bonds is 4. The number of nitrogens with one attached hydrogen (secondary N) is 1. The molecule has 1 fully saturated rings. The maximum absolute atomic E-state index is 11.4. The fourth-order valence-electron chi connectivity index (χ4n) is 2.50. The lowest BCUT2D eigenvalue weighted by Gasteiger charge is -2.37. The van der Waals surface area contributed by atoms with Crippen molar-refractivity contribution in [2.24, 2.45) is 17.1 Å². The van der Waals surface area contributed by atoms with E-state index in [2.05, 4.69) is 19.2 Å². The Bertz CT molecular complexity index is 230. The van der Waals surface area contributed by atoms with E-state index in [9.17, 15) is 4.79 Å². The molecular formula is C13H26N2O. The molecule has 1 amide bonds. The van der Waals surface area contributed by atoms with Crippen molar-refractivity contribution >= 4 is 5.91 Å². The second kappa shape index (κ2) is 5.67. The predicted octanol–water partition coefficient (Wildman–Crippen LogP) is 2.06. The van der Waals surface area contributed by atoms with Crippen molar-refractivity contribution in [2.45, 2.75) is 58.9 Å². The fourth-order valence-corrected chi connectivity index (χ4v) is 2.50. The van der Waals surface area contributed by atoms with Crippen LogP contribution in [0.2, 0.25) is 0 Å². The Morgan fingerprint density at radius 3 is 2.44 bits per heavy atom. The summed E-state index contributed by atoms with van der Waals surface area (Å²) in [6.07, 6.45) is 6.67. The fraction of sp³-hybridized carbons (Fsp3) is 0.923. The summed E-state index contributed by atoms with van der Waals surface area (Å²) in [5.41, 5.74) is 5.73. The molecule has 0 saturated heterocycles. The molecular weight excluding hydrogens is 200 g/mol. The lowest BCUT2D eigenvalue weighted by Crippen LogP contribution is -2.44. The van der Waals surface area contributed by atoms with Gasteiger partial charge in [-0.15, -0.1) is 0 Å². The Morgan fingerprint density at radius 2 is 1.94 bits per heavy atom. The number of hydrogen-bond donors (Lipinski definition) is 2. The van der Waals surface area contributed by atoms with Crippen LogP contribution < -0.4 is 11.1 Å². The molecule has 3 nitrogen and oxygen atoms in total. The molecule has 1 aliphatic carbocycles. The van der Waals surface area contributed by atoms with E-state index in [0.29, 0.717) is 0 Å². The molecule has 0 bridgehead atoms. The van der Waals surface area contributed by atoms with Crippen molar-refractivity contribution in [3.8, 4) is 0 Å². The highest BCUT2D eigenvalue weighted by Gasteiger charge is 2.30. The predicted molar refractivity (Wildman–Crippen MR) is 67.0 cm³/mol. The first-order valence-electron chi connectivity index (χ1n) is 6.47. The molecule has 0 aromatic rings. The van der Waals surface area contributed by atoms with E-state index in [0.717, 1.165) is 12.5 Å². The molecule has 3 heteroatoms. The molecule has 1 atom stereocenters. The monoisotopic (exact) mass is 226 g/mol. The van der Waals surface area contributed by atoms with Gasteiger partial charge in [0.1, 0.15) is 0 Å². The smallest absolute Gasteiger partial charge is 0.236 e. The standard InChI is InChI=1S/C13H26N2O/c1-10(14)12(16)15-9-13(2,3)11-7-5-4-6-8-11/h10-11H,4-9,14H2,1-3H3,(H,15,16). The quantitative estimate of drug-likeness (QED) is 0.771. The number of carbonyl (C=O) groups is 1. The highest BCUT2D eigenvalue weighted by molar-refractivity contribution is 5.80. The molecule has 0 aliphatic heterocycles. The topological polar surface area (TPSA) is 55.1 Å². The van der Waals surface area contributed by atoms with Gasteiger partial charge in [0.2, 0.25) is 5.91 Å². The van der Waals surface area contributed by atoms with Crippen molar-refractivity contribution in [1.82, 2.24) is 5.32 Å². The van der Waals surface area contributed by atoms with Gasteiger partial charge in [-0.3, -0.25) is 4.79 Å². The Kier molecular flexibility index (Phi) is 4.78. The first-order valence-corrected chi connectivity index (χ1v) is 6.47. The van der Waals surface area contributed by atoms with Crippen molar-refractivity contribution in [2.75, 3.05) is 6.54 Å². The van der Waals surface area contributed by atoms with Crippen LogP contribution in [0, 0.1) is 11.3 Å². The number of nitrogens with two attached hydrogens (primary N) is 1. The lowest BCUT2D eigenvalue weighted by molar-refractivity contribution is -0.122. The molecule has 1 saturated carbocycles. The van der Waals surface area contributed by atoms with Gasteiger partial charge in [0.15, 0.2) is 0 Å². The van der Waals surface area contributed by atoms with Crippen molar-refractivity contribution < 1.29 is 4.79 Å². The molecule has 3 N–H and O–H groups in total. The van der Waals surface area contributed by atoms with Gasteiger partial charge < -0.3 is 11.1 Å². The van der Waals surface area contributed by atoms with Crippen LogP contribution in [0.15, 0.2) is 0 Å². The largest absolute Gasteiger partial charge is 0.354 e. The summed E-state index contributed by atoms with van der Waals surface area (Å²) >= 11 is 0. The van der Waals surface area contributed by atoms with Crippen molar-refractivity contribution in [3.63, 3.8) is 0 Å². The van der Waals surface area contributed by atoms with Gasteiger partial charge in [0, 0.05) is 6.54 Å². The third-order valence-corrected chi connectivity index (χ3v) is 3.84. The van der Waals surface area contributed by atoms with Crippen LogP contribution in [-0.4, -0.2) is 18.5 Å². The van der Waals surface area contributed by atoms with E-state index in [-0.39, 0.29) is 11.3 Å². The highest BCUT2D eigenvalue weighted by Crippen LogP contribution is 2.37. The zero-order chi connectivity index (χ0) is 12.2. The van der Waals surface area contributed by atoms with Gasteiger partial charge in [-0.2, -0.15) is 0 Å². The van der Waals surface area contributed by atoms with Gasteiger partial charge in [0.05, 0.1) is 6.04 Å². The number of carbonyl (C=O) groups excluding carboxylic acids is 1. The molecule has 1 unspecified atom stereocenters. The van der Waals surface area contributed by atoms with Crippen LogP contribution >= 0.6 is 0 Å². The maximum Gasteiger partial charge on any atom is 0.236 e. The Balaban J connectivity index is 2.40. The minimum atomic E-state index is -0.401. The molecule has 0 radical (unpaired) electrons.